The first-order valence-corrected chi connectivity index (χ1v) is 9.48. The van der Waals surface area contributed by atoms with Crippen molar-refractivity contribution in [3.63, 3.8) is 0 Å². The Morgan fingerprint density at radius 2 is 1.55 bits per heavy atom. The fourth-order valence-corrected chi connectivity index (χ4v) is 2.91. The van der Waals surface area contributed by atoms with Crippen molar-refractivity contribution in [2.24, 2.45) is 4.99 Å². The summed E-state index contributed by atoms with van der Waals surface area (Å²) in [5.74, 6) is 3.21. The summed E-state index contributed by atoms with van der Waals surface area (Å²) in [5, 5.41) is 6.71. The van der Waals surface area contributed by atoms with Gasteiger partial charge in [-0.25, -0.2) is 0 Å². The lowest BCUT2D eigenvalue weighted by Gasteiger charge is -2.13. The SMILES string of the molecule is CN=C(NCCCc1cccc(OC)c1)NCCc1ccc(OC)c(OC)c1.I. The maximum atomic E-state index is 5.35. The summed E-state index contributed by atoms with van der Waals surface area (Å²) in [6.07, 6.45) is 2.88. The first kappa shape index (κ1) is 24.9. The van der Waals surface area contributed by atoms with E-state index in [0.717, 1.165) is 55.6 Å². The molecule has 0 aliphatic heterocycles. The highest BCUT2D eigenvalue weighted by Crippen LogP contribution is 2.27. The van der Waals surface area contributed by atoms with Crippen LogP contribution in [0, 0.1) is 0 Å². The Hall–Kier alpha value is -2.16. The molecule has 2 aromatic carbocycles. The summed E-state index contributed by atoms with van der Waals surface area (Å²) in [7, 11) is 6.77. The van der Waals surface area contributed by atoms with Gasteiger partial charge < -0.3 is 24.8 Å². The number of halogens is 1. The third-order valence-electron chi connectivity index (χ3n) is 4.45. The molecule has 0 radical (unpaired) electrons. The quantitative estimate of drug-likeness (QED) is 0.220. The molecule has 0 aliphatic carbocycles. The summed E-state index contributed by atoms with van der Waals surface area (Å²) < 4.78 is 15.9. The highest BCUT2D eigenvalue weighted by molar-refractivity contribution is 14.0. The van der Waals surface area contributed by atoms with Crippen LogP contribution in [0.2, 0.25) is 0 Å². The van der Waals surface area contributed by atoms with Gasteiger partial charge in [-0.2, -0.15) is 0 Å². The topological polar surface area (TPSA) is 64.1 Å². The number of aliphatic imine (C=N–C) groups is 1. The Morgan fingerprint density at radius 3 is 2.24 bits per heavy atom. The van der Waals surface area contributed by atoms with Gasteiger partial charge in [0.1, 0.15) is 5.75 Å². The third kappa shape index (κ3) is 8.39. The van der Waals surface area contributed by atoms with Crippen LogP contribution in [0.3, 0.4) is 0 Å². The Morgan fingerprint density at radius 1 is 0.828 bits per heavy atom. The minimum absolute atomic E-state index is 0. The van der Waals surface area contributed by atoms with Crippen LogP contribution in [0.4, 0.5) is 0 Å². The molecule has 0 saturated carbocycles. The summed E-state index contributed by atoms with van der Waals surface area (Å²) in [5.41, 5.74) is 2.45. The molecule has 0 heterocycles. The van der Waals surface area contributed by atoms with Crippen molar-refractivity contribution in [3.05, 3.63) is 53.6 Å². The third-order valence-corrected chi connectivity index (χ3v) is 4.45. The van der Waals surface area contributed by atoms with E-state index in [9.17, 15) is 0 Å². The van der Waals surface area contributed by atoms with Crippen LogP contribution in [0.15, 0.2) is 47.5 Å². The zero-order chi connectivity index (χ0) is 20.2. The molecule has 2 rings (SSSR count). The number of nitrogens with one attached hydrogen (secondary N) is 2. The smallest absolute Gasteiger partial charge is 0.190 e. The zero-order valence-corrected chi connectivity index (χ0v) is 20.0. The Balaban J connectivity index is 0.00000420. The number of methoxy groups -OCH3 is 3. The minimum atomic E-state index is 0. The highest BCUT2D eigenvalue weighted by atomic mass is 127. The molecule has 0 atom stereocenters. The molecule has 7 heteroatoms. The fraction of sp³-hybridized carbons (Fsp3) is 0.409. The number of ether oxygens (including phenoxy) is 3. The normalized spacial score (nSPS) is 10.7. The van der Waals surface area contributed by atoms with Crippen molar-refractivity contribution in [1.82, 2.24) is 10.6 Å². The molecule has 160 valence electrons. The number of rotatable bonds is 10. The van der Waals surface area contributed by atoms with Gasteiger partial charge in [0.15, 0.2) is 17.5 Å². The largest absolute Gasteiger partial charge is 0.497 e. The number of nitrogens with zero attached hydrogens (tertiary/aromatic N) is 1. The van der Waals surface area contributed by atoms with E-state index >= 15 is 0 Å². The lowest BCUT2D eigenvalue weighted by Crippen LogP contribution is -2.38. The predicted octanol–water partition coefficient (Wildman–Crippen LogP) is 3.67. The monoisotopic (exact) mass is 513 g/mol. The van der Waals surface area contributed by atoms with Crippen LogP contribution >= 0.6 is 24.0 Å². The average molecular weight is 513 g/mol. The van der Waals surface area contributed by atoms with E-state index in [1.165, 1.54) is 11.1 Å². The molecule has 0 fully saturated rings. The average Bonchev–Trinajstić information content (AvgIpc) is 2.75. The maximum Gasteiger partial charge on any atom is 0.190 e. The standard InChI is InChI=1S/C22H31N3O3.HI/c1-23-22(24-13-6-8-17-7-5-9-19(15-17)26-2)25-14-12-18-10-11-20(27-3)21(16-18)28-4;/h5,7,9-11,15-16H,6,8,12-14H2,1-4H3,(H2,23,24,25);1H. The number of guanidine groups is 1. The molecule has 0 saturated heterocycles. The Kier molecular flexibility index (Phi) is 11.9. The first-order valence-electron chi connectivity index (χ1n) is 9.48. The molecule has 2 N–H and O–H groups in total. The van der Waals surface area contributed by atoms with Crippen LogP contribution in [0.25, 0.3) is 0 Å². The second-order valence-electron chi connectivity index (χ2n) is 6.32. The highest BCUT2D eigenvalue weighted by Gasteiger charge is 2.05. The number of hydrogen-bond acceptors (Lipinski definition) is 4. The molecule has 29 heavy (non-hydrogen) atoms. The molecule has 6 nitrogen and oxygen atoms in total. The van der Waals surface area contributed by atoms with Gasteiger partial charge in [-0.1, -0.05) is 18.2 Å². The van der Waals surface area contributed by atoms with Gasteiger partial charge in [0.05, 0.1) is 21.3 Å². The molecule has 0 amide bonds. The van der Waals surface area contributed by atoms with Crippen molar-refractivity contribution in [1.29, 1.82) is 0 Å². The van der Waals surface area contributed by atoms with Gasteiger partial charge in [-0.3, -0.25) is 4.99 Å². The van der Waals surface area contributed by atoms with Gasteiger partial charge in [-0.05, 0) is 54.7 Å². The summed E-state index contributed by atoms with van der Waals surface area (Å²) in [6.45, 7) is 1.64. The van der Waals surface area contributed by atoms with E-state index in [0.29, 0.717) is 0 Å². The van der Waals surface area contributed by atoms with Crippen LogP contribution < -0.4 is 24.8 Å². The van der Waals surface area contributed by atoms with Crippen molar-refractivity contribution in [2.75, 3.05) is 41.5 Å². The second-order valence-corrected chi connectivity index (χ2v) is 6.32. The van der Waals surface area contributed by atoms with E-state index in [1.807, 2.05) is 30.3 Å². The van der Waals surface area contributed by atoms with E-state index < -0.39 is 0 Å². The second kappa shape index (κ2) is 13.9. The number of aryl methyl sites for hydroxylation is 1. The van der Waals surface area contributed by atoms with Crippen molar-refractivity contribution in [3.8, 4) is 17.2 Å². The first-order chi connectivity index (χ1) is 13.7. The van der Waals surface area contributed by atoms with E-state index in [2.05, 4.69) is 27.8 Å². The predicted molar refractivity (Wildman–Crippen MR) is 129 cm³/mol. The zero-order valence-electron chi connectivity index (χ0n) is 17.7. The minimum Gasteiger partial charge on any atom is -0.497 e. The number of benzene rings is 2. The maximum absolute atomic E-state index is 5.35. The fourth-order valence-electron chi connectivity index (χ4n) is 2.91. The Bertz CT molecular complexity index is 769. The van der Waals surface area contributed by atoms with Crippen LogP contribution in [0.1, 0.15) is 17.5 Å². The molecular weight excluding hydrogens is 481 g/mol. The summed E-state index contributed by atoms with van der Waals surface area (Å²) in [4.78, 5) is 4.28. The van der Waals surface area contributed by atoms with Crippen LogP contribution in [-0.2, 0) is 12.8 Å². The van der Waals surface area contributed by atoms with Gasteiger partial charge in [0.25, 0.3) is 0 Å². The molecule has 0 bridgehead atoms. The van der Waals surface area contributed by atoms with Crippen LogP contribution in [0.5, 0.6) is 17.2 Å². The molecule has 2 aromatic rings. The van der Waals surface area contributed by atoms with E-state index in [1.54, 1.807) is 28.4 Å². The van der Waals surface area contributed by atoms with Crippen molar-refractivity contribution < 1.29 is 14.2 Å². The summed E-state index contributed by atoms with van der Waals surface area (Å²) >= 11 is 0. The number of hydrogen-bond donors (Lipinski definition) is 2. The van der Waals surface area contributed by atoms with E-state index in [-0.39, 0.29) is 24.0 Å². The van der Waals surface area contributed by atoms with Crippen molar-refractivity contribution >= 4 is 29.9 Å². The lowest BCUT2D eigenvalue weighted by atomic mass is 10.1. The molecule has 0 aromatic heterocycles. The van der Waals surface area contributed by atoms with Gasteiger partial charge in [0, 0.05) is 20.1 Å². The van der Waals surface area contributed by atoms with Gasteiger partial charge in [-0.15, -0.1) is 24.0 Å². The summed E-state index contributed by atoms with van der Waals surface area (Å²) in [6, 6.07) is 14.2. The van der Waals surface area contributed by atoms with Gasteiger partial charge >= 0.3 is 0 Å². The lowest BCUT2D eigenvalue weighted by molar-refractivity contribution is 0.354. The molecular formula is C22H32IN3O3. The van der Waals surface area contributed by atoms with E-state index in [4.69, 9.17) is 14.2 Å². The van der Waals surface area contributed by atoms with Gasteiger partial charge in [0.2, 0.25) is 0 Å². The molecule has 0 aliphatic rings. The van der Waals surface area contributed by atoms with Crippen molar-refractivity contribution in [2.45, 2.75) is 19.3 Å². The molecule has 0 spiro atoms. The van der Waals surface area contributed by atoms with Crippen LogP contribution in [-0.4, -0.2) is 47.4 Å². The molecule has 0 unspecified atom stereocenters. The Labute approximate surface area is 191 Å².